The summed E-state index contributed by atoms with van der Waals surface area (Å²) in [5.41, 5.74) is 0.977. The van der Waals surface area contributed by atoms with E-state index in [1.807, 2.05) is 37.3 Å². The van der Waals surface area contributed by atoms with E-state index in [0.29, 0.717) is 13.0 Å². The lowest BCUT2D eigenvalue weighted by molar-refractivity contribution is -0.151. The zero-order chi connectivity index (χ0) is 12.0. The number of hydrogen-bond donors (Lipinski definition) is 1. The van der Waals surface area contributed by atoms with Crippen molar-refractivity contribution in [1.82, 2.24) is 5.01 Å². The molecule has 0 aliphatic carbocycles. The molecule has 0 aliphatic rings. The van der Waals surface area contributed by atoms with Crippen molar-refractivity contribution in [3.05, 3.63) is 35.9 Å². The van der Waals surface area contributed by atoms with Crippen LogP contribution >= 0.6 is 0 Å². The van der Waals surface area contributed by atoms with Gasteiger partial charge in [0, 0.05) is 7.05 Å². The lowest BCUT2D eigenvalue weighted by Crippen LogP contribution is -2.43. The molecule has 0 aliphatic heterocycles. The van der Waals surface area contributed by atoms with E-state index in [-0.39, 0.29) is 12.0 Å². The molecule has 16 heavy (non-hydrogen) atoms. The zero-order valence-electron chi connectivity index (χ0n) is 9.72. The molecular weight excluding hydrogens is 204 g/mol. The van der Waals surface area contributed by atoms with Crippen LogP contribution in [0.15, 0.2) is 30.3 Å². The number of hydrazine groups is 1. The van der Waals surface area contributed by atoms with Gasteiger partial charge < -0.3 is 4.74 Å². The number of nitrogens with zero attached hydrogens (tertiary/aromatic N) is 1. The minimum Gasteiger partial charge on any atom is -0.460 e. The Morgan fingerprint density at radius 3 is 2.56 bits per heavy atom. The molecule has 1 aromatic rings. The van der Waals surface area contributed by atoms with Gasteiger partial charge in [0.25, 0.3) is 0 Å². The number of carbonyl (C=O) groups excluding carboxylic acids is 1. The molecule has 0 amide bonds. The molecule has 1 atom stereocenters. The fraction of sp³-hybridized carbons (Fsp3) is 0.417. The first kappa shape index (κ1) is 12.7. The summed E-state index contributed by atoms with van der Waals surface area (Å²) in [6, 6.07) is 9.21. The predicted octanol–water partition coefficient (Wildman–Crippen LogP) is 1.31. The fourth-order valence-corrected chi connectivity index (χ4v) is 1.45. The van der Waals surface area contributed by atoms with Crippen LogP contribution < -0.4 is 5.84 Å². The van der Waals surface area contributed by atoms with Crippen LogP contribution in [-0.4, -0.2) is 24.1 Å². The second kappa shape index (κ2) is 6.25. The molecule has 2 N–H and O–H groups in total. The Kier molecular flexibility index (Phi) is 4.95. The van der Waals surface area contributed by atoms with Crippen molar-refractivity contribution in [3.63, 3.8) is 0 Å². The number of likely N-dealkylation sites (N-methyl/N-ethyl adjacent to an activating group) is 1. The van der Waals surface area contributed by atoms with Crippen LogP contribution in [0.1, 0.15) is 18.9 Å². The number of carbonyl (C=O) groups is 1. The molecule has 0 heterocycles. The van der Waals surface area contributed by atoms with Gasteiger partial charge in [0.15, 0.2) is 0 Å². The Morgan fingerprint density at radius 2 is 2.06 bits per heavy atom. The average molecular weight is 222 g/mol. The Morgan fingerprint density at radius 1 is 1.44 bits per heavy atom. The average Bonchev–Trinajstić information content (AvgIpc) is 2.28. The molecule has 0 saturated heterocycles. The van der Waals surface area contributed by atoms with Crippen LogP contribution in [0, 0.1) is 0 Å². The Hall–Kier alpha value is -1.39. The smallest absolute Gasteiger partial charge is 0.325 e. The van der Waals surface area contributed by atoms with E-state index in [4.69, 9.17) is 10.6 Å². The molecule has 0 spiro atoms. The van der Waals surface area contributed by atoms with Crippen molar-refractivity contribution in [3.8, 4) is 0 Å². The molecule has 88 valence electrons. The van der Waals surface area contributed by atoms with Gasteiger partial charge in [-0.25, -0.2) is 5.01 Å². The summed E-state index contributed by atoms with van der Waals surface area (Å²) >= 11 is 0. The highest BCUT2D eigenvalue weighted by Crippen LogP contribution is 2.05. The molecule has 4 heteroatoms. The maximum atomic E-state index is 11.6. The third kappa shape index (κ3) is 3.64. The molecule has 1 unspecified atom stereocenters. The first-order valence-electron chi connectivity index (χ1n) is 5.33. The molecule has 0 radical (unpaired) electrons. The summed E-state index contributed by atoms with van der Waals surface area (Å²) in [5.74, 6) is 5.27. The van der Waals surface area contributed by atoms with Crippen LogP contribution in [0.2, 0.25) is 0 Å². The molecule has 1 aromatic carbocycles. The number of nitrogens with two attached hydrogens (primary N) is 1. The monoisotopic (exact) mass is 222 g/mol. The Balaban J connectivity index is 2.46. The van der Waals surface area contributed by atoms with Gasteiger partial charge in [0.05, 0.1) is 0 Å². The lowest BCUT2D eigenvalue weighted by atomic mass is 10.2. The second-order valence-corrected chi connectivity index (χ2v) is 3.68. The minimum absolute atomic E-state index is 0.281. The van der Waals surface area contributed by atoms with Gasteiger partial charge in [-0.05, 0) is 12.0 Å². The highest BCUT2D eigenvalue weighted by molar-refractivity contribution is 5.75. The third-order valence-corrected chi connectivity index (χ3v) is 2.37. The van der Waals surface area contributed by atoms with E-state index in [1.54, 1.807) is 7.05 Å². The standard InChI is InChI=1S/C12H18N2O2/c1-3-11(14(2)13)12(15)16-9-10-7-5-4-6-8-10/h4-8,11H,3,9,13H2,1-2H3. The number of hydrogen-bond acceptors (Lipinski definition) is 4. The highest BCUT2D eigenvalue weighted by atomic mass is 16.5. The first-order valence-corrected chi connectivity index (χ1v) is 5.33. The fourth-order valence-electron chi connectivity index (χ4n) is 1.45. The summed E-state index contributed by atoms with van der Waals surface area (Å²) in [6.07, 6.45) is 0.640. The van der Waals surface area contributed by atoms with Crippen molar-refractivity contribution in [1.29, 1.82) is 0 Å². The van der Waals surface area contributed by atoms with Crippen LogP contribution in [0.5, 0.6) is 0 Å². The van der Waals surface area contributed by atoms with Crippen molar-refractivity contribution in [2.75, 3.05) is 7.05 Å². The summed E-state index contributed by atoms with van der Waals surface area (Å²) in [4.78, 5) is 11.6. The normalized spacial score (nSPS) is 12.5. The maximum absolute atomic E-state index is 11.6. The molecule has 0 saturated carbocycles. The predicted molar refractivity (Wildman–Crippen MR) is 62.3 cm³/mol. The molecule has 4 nitrogen and oxygen atoms in total. The van der Waals surface area contributed by atoms with Gasteiger partial charge in [0.1, 0.15) is 12.6 Å². The molecule has 0 fully saturated rings. The van der Waals surface area contributed by atoms with Gasteiger partial charge in [-0.3, -0.25) is 10.6 Å². The summed E-state index contributed by atoms with van der Waals surface area (Å²) in [7, 11) is 1.66. The summed E-state index contributed by atoms with van der Waals surface area (Å²) in [6.45, 7) is 2.20. The largest absolute Gasteiger partial charge is 0.460 e. The topological polar surface area (TPSA) is 55.6 Å². The van der Waals surface area contributed by atoms with Crippen molar-refractivity contribution in [2.45, 2.75) is 26.0 Å². The number of esters is 1. The Labute approximate surface area is 96.0 Å². The van der Waals surface area contributed by atoms with Crippen molar-refractivity contribution >= 4 is 5.97 Å². The maximum Gasteiger partial charge on any atom is 0.325 e. The second-order valence-electron chi connectivity index (χ2n) is 3.68. The van der Waals surface area contributed by atoms with E-state index in [9.17, 15) is 4.79 Å². The van der Waals surface area contributed by atoms with Gasteiger partial charge in [-0.1, -0.05) is 37.3 Å². The van der Waals surface area contributed by atoms with Gasteiger partial charge >= 0.3 is 5.97 Å². The van der Waals surface area contributed by atoms with Gasteiger partial charge in [-0.15, -0.1) is 0 Å². The molecule has 0 bridgehead atoms. The SMILES string of the molecule is CCC(C(=O)OCc1ccccc1)N(C)N. The van der Waals surface area contributed by atoms with Crippen molar-refractivity contribution in [2.24, 2.45) is 5.84 Å². The van der Waals surface area contributed by atoms with Crippen molar-refractivity contribution < 1.29 is 9.53 Å². The molecule has 1 rings (SSSR count). The minimum atomic E-state index is -0.372. The van der Waals surface area contributed by atoms with E-state index in [1.165, 1.54) is 5.01 Å². The quantitative estimate of drug-likeness (QED) is 0.463. The van der Waals surface area contributed by atoms with Crippen LogP contribution in [0.4, 0.5) is 0 Å². The third-order valence-electron chi connectivity index (χ3n) is 2.37. The van der Waals surface area contributed by atoms with Gasteiger partial charge in [-0.2, -0.15) is 0 Å². The van der Waals surface area contributed by atoms with E-state index >= 15 is 0 Å². The number of rotatable bonds is 5. The van der Waals surface area contributed by atoms with Crippen LogP contribution in [0.3, 0.4) is 0 Å². The van der Waals surface area contributed by atoms with Crippen LogP contribution in [0.25, 0.3) is 0 Å². The van der Waals surface area contributed by atoms with Gasteiger partial charge in [0.2, 0.25) is 0 Å². The molecule has 0 aromatic heterocycles. The van der Waals surface area contributed by atoms with E-state index in [0.717, 1.165) is 5.56 Å². The zero-order valence-corrected chi connectivity index (χ0v) is 9.72. The van der Waals surface area contributed by atoms with E-state index in [2.05, 4.69) is 0 Å². The number of benzene rings is 1. The number of ether oxygens (including phenoxy) is 1. The molecular formula is C12H18N2O2. The van der Waals surface area contributed by atoms with E-state index < -0.39 is 0 Å². The summed E-state index contributed by atoms with van der Waals surface area (Å²) in [5, 5.41) is 1.38. The summed E-state index contributed by atoms with van der Waals surface area (Å²) < 4.78 is 5.18. The Bertz CT molecular complexity index is 325. The highest BCUT2D eigenvalue weighted by Gasteiger charge is 2.20. The lowest BCUT2D eigenvalue weighted by Gasteiger charge is -2.20. The van der Waals surface area contributed by atoms with Crippen LogP contribution in [-0.2, 0) is 16.1 Å². The first-order chi connectivity index (χ1) is 7.65.